The fourth-order valence-corrected chi connectivity index (χ4v) is 0.883. The van der Waals surface area contributed by atoms with E-state index in [9.17, 15) is 0 Å². The van der Waals surface area contributed by atoms with Crippen molar-refractivity contribution >= 4 is 0 Å². The number of nitrogens with zero attached hydrogens (tertiary/aromatic N) is 2. The van der Waals surface area contributed by atoms with Gasteiger partial charge in [-0.05, 0) is 5.92 Å². The average molecular weight is 137 g/mol. The van der Waals surface area contributed by atoms with Gasteiger partial charge in [-0.3, -0.25) is 0 Å². The monoisotopic (exact) mass is 137 g/mol. The molecule has 1 aromatic heterocycles. The van der Waals surface area contributed by atoms with Gasteiger partial charge >= 0.3 is 0 Å². The minimum absolute atomic E-state index is 0.990. The van der Waals surface area contributed by atoms with E-state index in [1.54, 1.807) is 0 Å². The van der Waals surface area contributed by atoms with Crippen LogP contribution in [-0.2, 0) is 13.5 Å². The molecule has 0 atom stereocenters. The van der Waals surface area contributed by atoms with Crippen molar-refractivity contribution in [2.24, 2.45) is 7.05 Å². The highest BCUT2D eigenvalue weighted by Gasteiger charge is 2.01. The van der Waals surface area contributed by atoms with Crippen molar-refractivity contribution in [3.8, 4) is 0 Å². The Kier molecular flexibility index (Phi) is 2.10. The SMILES string of the molecule is C[C](C)Cc1nccn1C. The number of rotatable bonds is 2. The molecule has 0 fully saturated rings. The first-order chi connectivity index (χ1) is 4.70. The quantitative estimate of drug-likeness (QED) is 0.605. The lowest BCUT2D eigenvalue weighted by Crippen LogP contribution is -2.00. The Balaban J connectivity index is 2.65. The van der Waals surface area contributed by atoms with E-state index in [4.69, 9.17) is 0 Å². The third-order valence-corrected chi connectivity index (χ3v) is 1.43. The van der Waals surface area contributed by atoms with Crippen LogP contribution < -0.4 is 0 Å². The van der Waals surface area contributed by atoms with E-state index in [-0.39, 0.29) is 0 Å². The largest absolute Gasteiger partial charge is 0.338 e. The summed E-state index contributed by atoms with van der Waals surface area (Å²) in [6.45, 7) is 4.24. The van der Waals surface area contributed by atoms with Gasteiger partial charge in [0, 0.05) is 25.9 Å². The summed E-state index contributed by atoms with van der Waals surface area (Å²) in [6, 6.07) is 0. The van der Waals surface area contributed by atoms with Gasteiger partial charge in [0.15, 0.2) is 0 Å². The van der Waals surface area contributed by atoms with Gasteiger partial charge in [0.1, 0.15) is 5.82 Å². The van der Waals surface area contributed by atoms with Crippen molar-refractivity contribution in [2.75, 3.05) is 0 Å². The number of hydrogen-bond acceptors (Lipinski definition) is 1. The molecule has 1 aromatic rings. The standard InChI is InChI=1S/C8H13N2/c1-7(2)6-8-9-4-5-10(8)3/h4-5H,6H2,1-3H3. The summed E-state index contributed by atoms with van der Waals surface area (Å²) in [5, 5.41) is 0. The second-order valence-corrected chi connectivity index (χ2v) is 2.84. The van der Waals surface area contributed by atoms with Crippen molar-refractivity contribution in [2.45, 2.75) is 20.3 Å². The zero-order valence-electron chi connectivity index (χ0n) is 6.76. The molecule has 0 saturated heterocycles. The summed E-state index contributed by atoms with van der Waals surface area (Å²) in [7, 11) is 2.02. The third-order valence-electron chi connectivity index (χ3n) is 1.43. The van der Waals surface area contributed by atoms with Crippen LogP contribution in [0.15, 0.2) is 12.4 Å². The maximum absolute atomic E-state index is 4.20. The highest BCUT2D eigenvalue weighted by Crippen LogP contribution is 2.05. The molecule has 0 spiro atoms. The molecule has 0 bridgehead atoms. The van der Waals surface area contributed by atoms with Crippen molar-refractivity contribution < 1.29 is 0 Å². The topological polar surface area (TPSA) is 17.8 Å². The first kappa shape index (κ1) is 7.32. The molecular weight excluding hydrogens is 124 g/mol. The molecule has 0 aromatic carbocycles. The summed E-state index contributed by atoms with van der Waals surface area (Å²) in [5.74, 6) is 2.54. The number of aromatic nitrogens is 2. The molecule has 0 unspecified atom stereocenters. The van der Waals surface area contributed by atoms with Gasteiger partial charge < -0.3 is 4.57 Å². The van der Waals surface area contributed by atoms with Gasteiger partial charge in [-0.2, -0.15) is 0 Å². The first-order valence-electron chi connectivity index (χ1n) is 3.45. The van der Waals surface area contributed by atoms with Crippen LogP contribution >= 0.6 is 0 Å². The molecule has 0 N–H and O–H groups in total. The molecule has 1 heterocycles. The summed E-state index contributed by atoms with van der Waals surface area (Å²) in [6.07, 6.45) is 4.79. The van der Waals surface area contributed by atoms with Crippen LogP contribution in [0.1, 0.15) is 19.7 Å². The van der Waals surface area contributed by atoms with E-state index in [1.165, 1.54) is 5.92 Å². The minimum atomic E-state index is 0.990. The smallest absolute Gasteiger partial charge is 0.108 e. The molecule has 0 aliphatic carbocycles. The van der Waals surface area contributed by atoms with Crippen LogP contribution in [0, 0.1) is 5.92 Å². The van der Waals surface area contributed by atoms with Crippen LogP contribution in [0.3, 0.4) is 0 Å². The van der Waals surface area contributed by atoms with E-state index >= 15 is 0 Å². The second-order valence-electron chi connectivity index (χ2n) is 2.84. The normalized spacial score (nSPS) is 10.8. The summed E-state index contributed by atoms with van der Waals surface area (Å²) < 4.78 is 2.05. The zero-order chi connectivity index (χ0) is 7.56. The summed E-state index contributed by atoms with van der Waals surface area (Å²) in [5.41, 5.74) is 0. The molecule has 0 aliphatic heterocycles. The highest BCUT2D eigenvalue weighted by atomic mass is 15.0. The highest BCUT2D eigenvalue weighted by molar-refractivity contribution is 4.98. The van der Waals surface area contributed by atoms with Gasteiger partial charge in [0.2, 0.25) is 0 Å². The van der Waals surface area contributed by atoms with Gasteiger partial charge in [-0.25, -0.2) is 4.98 Å². The van der Waals surface area contributed by atoms with E-state index in [1.807, 2.05) is 24.0 Å². The Morgan fingerprint density at radius 1 is 1.60 bits per heavy atom. The van der Waals surface area contributed by atoms with Crippen molar-refractivity contribution in [3.63, 3.8) is 0 Å². The molecule has 2 heteroatoms. The Bertz CT molecular complexity index is 201. The Labute approximate surface area is 61.9 Å². The predicted octanol–water partition coefficient (Wildman–Crippen LogP) is 1.58. The lowest BCUT2D eigenvalue weighted by Gasteiger charge is -2.02. The Hall–Kier alpha value is -0.790. The average Bonchev–Trinajstić information content (AvgIpc) is 2.15. The number of imidazole rings is 1. The lowest BCUT2D eigenvalue weighted by atomic mass is 10.1. The number of hydrogen-bond donors (Lipinski definition) is 0. The predicted molar refractivity (Wildman–Crippen MR) is 41.5 cm³/mol. The van der Waals surface area contributed by atoms with Gasteiger partial charge in [0.25, 0.3) is 0 Å². The van der Waals surface area contributed by atoms with E-state index in [0.717, 1.165) is 12.2 Å². The Morgan fingerprint density at radius 2 is 2.30 bits per heavy atom. The van der Waals surface area contributed by atoms with Gasteiger partial charge in [-0.1, -0.05) is 13.8 Å². The Morgan fingerprint density at radius 3 is 2.70 bits per heavy atom. The molecule has 55 valence electrons. The van der Waals surface area contributed by atoms with Crippen molar-refractivity contribution in [3.05, 3.63) is 24.1 Å². The summed E-state index contributed by atoms with van der Waals surface area (Å²) >= 11 is 0. The van der Waals surface area contributed by atoms with Crippen LogP contribution in [0.25, 0.3) is 0 Å². The van der Waals surface area contributed by atoms with Crippen LogP contribution in [0.2, 0.25) is 0 Å². The van der Waals surface area contributed by atoms with Crippen molar-refractivity contribution in [1.29, 1.82) is 0 Å². The molecular formula is C8H13N2. The van der Waals surface area contributed by atoms with E-state index in [2.05, 4.69) is 18.8 Å². The lowest BCUT2D eigenvalue weighted by molar-refractivity contribution is 0.778. The first-order valence-corrected chi connectivity index (χ1v) is 3.45. The molecule has 1 rings (SSSR count). The third kappa shape index (κ3) is 1.59. The molecule has 0 amide bonds. The van der Waals surface area contributed by atoms with Gasteiger partial charge in [-0.15, -0.1) is 0 Å². The number of aryl methyl sites for hydroxylation is 1. The molecule has 1 radical (unpaired) electrons. The molecule has 2 nitrogen and oxygen atoms in total. The second kappa shape index (κ2) is 2.86. The maximum atomic E-state index is 4.20. The summed E-state index contributed by atoms with van der Waals surface area (Å²) in [4.78, 5) is 4.20. The van der Waals surface area contributed by atoms with E-state index in [0.29, 0.717) is 0 Å². The van der Waals surface area contributed by atoms with Crippen LogP contribution in [0.5, 0.6) is 0 Å². The van der Waals surface area contributed by atoms with Gasteiger partial charge in [0.05, 0.1) is 0 Å². The minimum Gasteiger partial charge on any atom is -0.338 e. The van der Waals surface area contributed by atoms with Crippen LogP contribution in [-0.4, -0.2) is 9.55 Å². The fraction of sp³-hybridized carbons (Fsp3) is 0.500. The molecule has 0 aliphatic rings. The van der Waals surface area contributed by atoms with Crippen molar-refractivity contribution in [1.82, 2.24) is 9.55 Å². The molecule has 0 saturated carbocycles. The van der Waals surface area contributed by atoms with E-state index < -0.39 is 0 Å². The van der Waals surface area contributed by atoms with Crippen LogP contribution in [0.4, 0.5) is 0 Å². The zero-order valence-corrected chi connectivity index (χ0v) is 6.76. The maximum Gasteiger partial charge on any atom is 0.108 e. The fourth-order valence-electron chi connectivity index (χ4n) is 0.883. The molecule has 10 heavy (non-hydrogen) atoms.